The molecule has 0 atom stereocenters. The quantitative estimate of drug-likeness (QED) is 0.155. The Morgan fingerprint density at radius 1 is 1.02 bits per heavy atom. The second-order valence-electron chi connectivity index (χ2n) is 8.44. The molecule has 0 spiro atoms. The molecule has 4 aromatic rings. The van der Waals surface area contributed by atoms with Crippen molar-refractivity contribution >= 4 is 64.8 Å². The Kier molecular flexibility index (Phi) is 10.1. The fraction of sp³-hybridized carbons (Fsp3) is 0.222. The summed E-state index contributed by atoms with van der Waals surface area (Å²) < 4.78 is 53.1. The monoisotopic (exact) mass is 648 g/mol. The summed E-state index contributed by atoms with van der Waals surface area (Å²) in [6.07, 6.45) is 1.51. The maximum atomic E-state index is 13.8. The third-order valence-electron chi connectivity index (χ3n) is 5.73. The van der Waals surface area contributed by atoms with Crippen molar-refractivity contribution in [1.82, 2.24) is 9.29 Å². The Morgan fingerprint density at radius 2 is 1.68 bits per heavy atom. The van der Waals surface area contributed by atoms with Crippen molar-refractivity contribution in [3.63, 3.8) is 0 Å². The number of benzene rings is 3. The molecule has 1 amide bonds. The topological polar surface area (TPSA) is 101 Å². The van der Waals surface area contributed by atoms with Gasteiger partial charge in [0.2, 0.25) is 15.2 Å². The van der Waals surface area contributed by atoms with E-state index >= 15 is 0 Å². The molecule has 40 heavy (non-hydrogen) atoms. The number of anilines is 1. The summed E-state index contributed by atoms with van der Waals surface area (Å²) in [7, 11) is -0.874. The third kappa shape index (κ3) is 7.16. The summed E-state index contributed by atoms with van der Waals surface area (Å²) >= 11 is 4.50. The minimum absolute atomic E-state index is 0.0247. The van der Waals surface area contributed by atoms with Gasteiger partial charge in [0.05, 0.1) is 34.5 Å². The molecule has 1 aromatic heterocycles. The molecular weight excluding hydrogens is 623 g/mol. The molecule has 0 aliphatic carbocycles. The fourth-order valence-corrected chi connectivity index (χ4v) is 6.24. The van der Waals surface area contributed by atoms with Crippen LogP contribution in [0.3, 0.4) is 0 Å². The highest BCUT2D eigenvalue weighted by Gasteiger charge is 2.26. The van der Waals surface area contributed by atoms with Crippen molar-refractivity contribution in [2.24, 2.45) is 5.10 Å². The molecule has 0 N–H and O–H groups in total. The molecule has 9 nitrogen and oxygen atoms in total. The van der Waals surface area contributed by atoms with Crippen LogP contribution in [-0.4, -0.2) is 70.4 Å². The largest absolute Gasteiger partial charge is 0.383 e. The molecule has 1 heterocycles. The van der Waals surface area contributed by atoms with Crippen LogP contribution in [0, 0.1) is 5.82 Å². The van der Waals surface area contributed by atoms with E-state index in [4.69, 9.17) is 9.47 Å². The molecule has 0 fully saturated rings. The minimum Gasteiger partial charge on any atom is -0.383 e. The van der Waals surface area contributed by atoms with Crippen LogP contribution in [-0.2, 0) is 19.5 Å². The van der Waals surface area contributed by atoms with Gasteiger partial charge >= 0.3 is 0 Å². The van der Waals surface area contributed by atoms with Crippen molar-refractivity contribution in [2.75, 3.05) is 45.5 Å². The van der Waals surface area contributed by atoms with Crippen LogP contribution < -0.4 is 5.01 Å². The standard InChI is InChI=1S/C27H26BrFN4O5S2/c1-37-15-13-32(14-16-38-2)40(35,36)23-10-5-20(6-11-23)26(34)33(30-18-19-3-7-21(28)8-4-19)27-31-24-12-9-22(29)17-25(24)39-27/h3-12,17-18H,13-16H2,1-2H3/b30-18+. The molecule has 0 aliphatic rings. The Bertz CT molecular complexity index is 1590. The van der Waals surface area contributed by atoms with Gasteiger partial charge in [0.1, 0.15) is 5.82 Å². The molecule has 0 bridgehead atoms. The predicted octanol–water partition coefficient (Wildman–Crippen LogP) is 5.16. The van der Waals surface area contributed by atoms with Crippen LogP contribution in [0.4, 0.5) is 9.52 Å². The number of rotatable bonds is 12. The summed E-state index contributed by atoms with van der Waals surface area (Å²) in [6.45, 7) is 0.743. The van der Waals surface area contributed by atoms with Gasteiger partial charge in [0.25, 0.3) is 5.91 Å². The average molecular weight is 650 g/mol. The predicted molar refractivity (Wildman–Crippen MR) is 157 cm³/mol. The fourth-order valence-electron chi connectivity index (χ4n) is 3.62. The van der Waals surface area contributed by atoms with Crippen LogP contribution in [0.1, 0.15) is 15.9 Å². The molecule has 0 saturated heterocycles. The van der Waals surface area contributed by atoms with Crippen LogP contribution >= 0.6 is 27.3 Å². The first-order chi connectivity index (χ1) is 19.2. The molecule has 0 saturated carbocycles. The number of aromatic nitrogens is 1. The normalized spacial score (nSPS) is 12.0. The number of sulfonamides is 1. The van der Waals surface area contributed by atoms with Crippen LogP contribution in [0.15, 0.2) is 81.2 Å². The van der Waals surface area contributed by atoms with Gasteiger partial charge in [0, 0.05) is 37.3 Å². The van der Waals surface area contributed by atoms with E-state index in [9.17, 15) is 17.6 Å². The molecule has 0 aliphatic heterocycles. The lowest BCUT2D eigenvalue weighted by atomic mass is 10.2. The maximum absolute atomic E-state index is 13.8. The van der Waals surface area contributed by atoms with E-state index in [0.717, 1.165) is 26.4 Å². The van der Waals surface area contributed by atoms with E-state index in [2.05, 4.69) is 26.0 Å². The number of nitrogens with zero attached hydrogens (tertiary/aromatic N) is 4. The van der Waals surface area contributed by atoms with Crippen LogP contribution in [0.2, 0.25) is 0 Å². The van der Waals surface area contributed by atoms with Gasteiger partial charge in [-0.2, -0.15) is 14.4 Å². The van der Waals surface area contributed by atoms with Crippen LogP contribution in [0.25, 0.3) is 10.2 Å². The van der Waals surface area contributed by atoms with Gasteiger partial charge < -0.3 is 9.47 Å². The lowest BCUT2D eigenvalue weighted by Gasteiger charge is -2.21. The third-order valence-corrected chi connectivity index (χ3v) is 9.17. The van der Waals surface area contributed by atoms with Crippen molar-refractivity contribution in [3.05, 3.63) is 88.1 Å². The van der Waals surface area contributed by atoms with E-state index in [0.29, 0.717) is 10.2 Å². The number of amides is 1. The Morgan fingerprint density at radius 3 is 2.30 bits per heavy atom. The molecule has 210 valence electrons. The average Bonchev–Trinajstić information content (AvgIpc) is 3.36. The smallest absolute Gasteiger partial charge is 0.280 e. The zero-order valence-corrected chi connectivity index (χ0v) is 24.9. The first-order valence-electron chi connectivity index (χ1n) is 12.0. The number of hydrazone groups is 1. The summed E-state index contributed by atoms with van der Waals surface area (Å²) in [5.74, 6) is -0.951. The highest BCUT2D eigenvalue weighted by Crippen LogP contribution is 2.31. The number of methoxy groups -OCH3 is 2. The zero-order chi connectivity index (χ0) is 28.7. The van der Waals surface area contributed by atoms with E-state index < -0.39 is 21.7 Å². The van der Waals surface area contributed by atoms with Crippen molar-refractivity contribution in [1.29, 1.82) is 0 Å². The Hall–Kier alpha value is -3.07. The highest BCUT2D eigenvalue weighted by molar-refractivity contribution is 9.10. The Balaban J connectivity index is 1.66. The first kappa shape index (κ1) is 29.9. The van der Waals surface area contributed by atoms with Gasteiger partial charge in [0.15, 0.2) is 0 Å². The first-order valence-corrected chi connectivity index (χ1v) is 15.1. The van der Waals surface area contributed by atoms with Gasteiger partial charge in [-0.25, -0.2) is 17.8 Å². The SMILES string of the molecule is COCCN(CCOC)S(=O)(=O)c1ccc(C(=O)N(/N=C/c2ccc(Br)cc2)c2nc3ccc(F)cc3s2)cc1. The number of hydrogen-bond donors (Lipinski definition) is 0. The lowest BCUT2D eigenvalue weighted by Crippen LogP contribution is -2.36. The highest BCUT2D eigenvalue weighted by atomic mass is 79.9. The summed E-state index contributed by atoms with van der Waals surface area (Å²) in [4.78, 5) is 18.1. The maximum Gasteiger partial charge on any atom is 0.280 e. The summed E-state index contributed by atoms with van der Waals surface area (Å²) in [5, 5.41) is 5.76. The van der Waals surface area contributed by atoms with Gasteiger partial charge in [-0.3, -0.25) is 4.79 Å². The van der Waals surface area contributed by atoms with Crippen molar-refractivity contribution in [3.8, 4) is 0 Å². The summed E-state index contributed by atoms with van der Waals surface area (Å²) in [5.41, 5.74) is 1.45. The number of hydrogen-bond acceptors (Lipinski definition) is 8. The number of carbonyl (C=O) groups is 1. The second-order valence-corrected chi connectivity index (χ2v) is 12.3. The number of thiazole rings is 1. The number of halogens is 2. The number of fused-ring (bicyclic) bond motifs is 1. The van der Waals surface area contributed by atoms with Crippen molar-refractivity contribution in [2.45, 2.75) is 4.90 Å². The van der Waals surface area contributed by atoms with E-state index in [1.807, 2.05) is 24.3 Å². The molecule has 0 radical (unpaired) electrons. The molecule has 0 unspecified atom stereocenters. The molecular formula is C27H26BrFN4O5S2. The lowest BCUT2D eigenvalue weighted by molar-refractivity contribution is 0.0987. The van der Waals surface area contributed by atoms with Gasteiger partial charge in [-0.05, 0) is 60.2 Å². The zero-order valence-electron chi connectivity index (χ0n) is 21.7. The molecule has 4 rings (SSSR count). The van der Waals surface area contributed by atoms with E-state index in [1.165, 1.54) is 67.2 Å². The van der Waals surface area contributed by atoms with E-state index in [-0.39, 0.29) is 41.9 Å². The minimum atomic E-state index is -3.86. The Labute approximate surface area is 244 Å². The second kappa shape index (κ2) is 13.5. The molecule has 13 heteroatoms. The van der Waals surface area contributed by atoms with Gasteiger partial charge in [-0.1, -0.05) is 39.4 Å². The number of carbonyl (C=O) groups excluding carboxylic acids is 1. The van der Waals surface area contributed by atoms with Gasteiger partial charge in [-0.15, -0.1) is 0 Å². The van der Waals surface area contributed by atoms with E-state index in [1.54, 1.807) is 0 Å². The molecule has 3 aromatic carbocycles. The van der Waals surface area contributed by atoms with Crippen LogP contribution in [0.5, 0.6) is 0 Å². The summed E-state index contributed by atoms with van der Waals surface area (Å²) in [6, 6.07) is 17.1. The van der Waals surface area contributed by atoms with Crippen molar-refractivity contribution < 1.29 is 27.1 Å². The number of ether oxygens (including phenoxy) is 2.